The lowest BCUT2D eigenvalue weighted by molar-refractivity contribution is 0.526. The minimum atomic E-state index is 0.265. The second-order valence-corrected chi connectivity index (χ2v) is 4.90. The van der Waals surface area contributed by atoms with Gasteiger partial charge < -0.3 is 0 Å². The lowest BCUT2D eigenvalue weighted by Gasteiger charge is -2.09. The maximum atomic E-state index is 9.02. The van der Waals surface area contributed by atoms with Crippen molar-refractivity contribution in [3.8, 4) is 6.07 Å². The molecule has 4 nitrogen and oxygen atoms in total. The normalized spacial score (nSPS) is 10.6. The number of hydrogen-bond acceptors (Lipinski definition) is 3. The first-order valence-corrected chi connectivity index (χ1v) is 6.59. The molecule has 98 valence electrons. The highest BCUT2D eigenvalue weighted by Gasteiger charge is 2.15. The van der Waals surface area contributed by atoms with Gasteiger partial charge in [0.05, 0.1) is 5.69 Å². The van der Waals surface area contributed by atoms with E-state index in [2.05, 4.69) is 54.5 Å². The molecule has 0 radical (unpaired) electrons. The van der Waals surface area contributed by atoms with Gasteiger partial charge in [-0.15, -0.1) is 5.10 Å². The smallest absolute Gasteiger partial charge is 0.186 e. The predicted octanol–water partition coefficient (Wildman–Crippen LogP) is 2.91. The standard InChI is InChI=1S/C15H18N4/c1-12(2)15-14(11-16)17-18-19(15)10-6-9-13-7-4-3-5-8-13/h3-5,7-8,12H,6,9-10H2,1-2H3. The van der Waals surface area contributed by atoms with Gasteiger partial charge in [0.25, 0.3) is 0 Å². The first-order chi connectivity index (χ1) is 9.22. The van der Waals surface area contributed by atoms with E-state index in [9.17, 15) is 0 Å². The summed E-state index contributed by atoms with van der Waals surface area (Å²) in [5, 5.41) is 17.0. The van der Waals surface area contributed by atoms with Crippen LogP contribution in [0.2, 0.25) is 0 Å². The quantitative estimate of drug-likeness (QED) is 0.824. The molecule has 1 heterocycles. The van der Waals surface area contributed by atoms with Gasteiger partial charge in [-0.25, -0.2) is 4.68 Å². The Bertz CT molecular complexity index is 564. The highest BCUT2D eigenvalue weighted by atomic mass is 15.4. The highest BCUT2D eigenvalue weighted by Crippen LogP contribution is 2.17. The fraction of sp³-hybridized carbons (Fsp3) is 0.400. The molecule has 0 bridgehead atoms. The van der Waals surface area contributed by atoms with Crippen molar-refractivity contribution >= 4 is 0 Å². The fourth-order valence-electron chi connectivity index (χ4n) is 2.21. The maximum absolute atomic E-state index is 9.02. The summed E-state index contributed by atoms with van der Waals surface area (Å²) in [7, 11) is 0. The molecule has 2 aromatic rings. The van der Waals surface area contributed by atoms with Gasteiger partial charge in [-0.2, -0.15) is 5.26 Å². The monoisotopic (exact) mass is 254 g/mol. The van der Waals surface area contributed by atoms with Crippen molar-refractivity contribution in [3.63, 3.8) is 0 Å². The number of benzene rings is 1. The van der Waals surface area contributed by atoms with Crippen LogP contribution in [0.1, 0.15) is 43.1 Å². The molecule has 0 aliphatic carbocycles. The summed E-state index contributed by atoms with van der Waals surface area (Å²) in [6.07, 6.45) is 2.01. The summed E-state index contributed by atoms with van der Waals surface area (Å²) >= 11 is 0. The molecule has 0 aliphatic heterocycles. The van der Waals surface area contributed by atoms with Crippen LogP contribution in [0.4, 0.5) is 0 Å². The fourth-order valence-corrected chi connectivity index (χ4v) is 2.21. The molecule has 0 N–H and O–H groups in total. The van der Waals surface area contributed by atoms with Crippen LogP contribution in [0.25, 0.3) is 0 Å². The molecule has 0 atom stereocenters. The van der Waals surface area contributed by atoms with Crippen LogP contribution in [-0.4, -0.2) is 15.0 Å². The molecule has 19 heavy (non-hydrogen) atoms. The van der Waals surface area contributed by atoms with Crippen LogP contribution >= 0.6 is 0 Å². The van der Waals surface area contributed by atoms with Crippen molar-refractivity contribution in [1.82, 2.24) is 15.0 Å². The van der Waals surface area contributed by atoms with Gasteiger partial charge in [0.15, 0.2) is 5.69 Å². The second-order valence-electron chi connectivity index (χ2n) is 4.90. The first kappa shape index (κ1) is 13.3. The van der Waals surface area contributed by atoms with E-state index >= 15 is 0 Å². The molecule has 0 fully saturated rings. The van der Waals surface area contributed by atoms with Gasteiger partial charge in [-0.1, -0.05) is 49.4 Å². The predicted molar refractivity (Wildman–Crippen MR) is 73.6 cm³/mol. The number of rotatable bonds is 5. The summed E-state index contributed by atoms with van der Waals surface area (Å²) in [6, 6.07) is 12.5. The highest BCUT2D eigenvalue weighted by molar-refractivity contribution is 5.27. The molecular formula is C15H18N4. The summed E-state index contributed by atoms with van der Waals surface area (Å²) in [6.45, 7) is 4.93. The summed E-state index contributed by atoms with van der Waals surface area (Å²) in [5.41, 5.74) is 2.72. The Morgan fingerprint density at radius 2 is 2.00 bits per heavy atom. The molecule has 1 aromatic heterocycles. The van der Waals surface area contributed by atoms with Crippen molar-refractivity contribution in [1.29, 1.82) is 5.26 Å². The van der Waals surface area contributed by atoms with Gasteiger partial charge in [0.1, 0.15) is 6.07 Å². The third-order valence-corrected chi connectivity index (χ3v) is 3.10. The van der Waals surface area contributed by atoms with Crippen molar-refractivity contribution < 1.29 is 0 Å². The van der Waals surface area contributed by atoms with E-state index in [1.54, 1.807) is 0 Å². The van der Waals surface area contributed by atoms with Gasteiger partial charge in [0, 0.05) is 6.54 Å². The number of hydrogen-bond donors (Lipinski definition) is 0. The van der Waals surface area contributed by atoms with Crippen LogP contribution in [0.3, 0.4) is 0 Å². The Morgan fingerprint density at radius 1 is 1.26 bits per heavy atom. The van der Waals surface area contributed by atoms with Crippen LogP contribution in [0, 0.1) is 11.3 Å². The van der Waals surface area contributed by atoms with Crippen LogP contribution in [0.15, 0.2) is 30.3 Å². The maximum Gasteiger partial charge on any atom is 0.186 e. The van der Waals surface area contributed by atoms with E-state index in [0.29, 0.717) is 5.69 Å². The van der Waals surface area contributed by atoms with Crippen LogP contribution < -0.4 is 0 Å². The lowest BCUT2D eigenvalue weighted by Crippen LogP contribution is -2.08. The zero-order valence-electron chi connectivity index (χ0n) is 11.4. The van der Waals surface area contributed by atoms with Crippen molar-refractivity contribution in [3.05, 3.63) is 47.3 Å². The summed E-state index contributed by atoms with van der Waals surface area (Å²) in [4.78, 5) is 0. The van der Waals surface area contributed by atoms with E-state index in [1.807, 2.05) is 10.7 Å². The Hall–Kier alpha value is -2.15. The van der Waals surface area contributed by atoms with E-state index in [4.69, 9.17) is 5.26 Å². The van der Waals surface area contributed by atoms with Crippen molar-refractivity contribution in [2.75, 3.05) is 0 Å². The number of nitriles is 1. The lowest BCUT2D eigenvalue weighted by atomic mass is 10.1. The van der Waals surface area contributed by atoms with Gasteiger partial charge in [-0.05, 0) is 24.3 Å². The zero-order valence-corrected chi connectivity index (χ0v) is 11.4. The number of aryl methyl sites for hydroxylation is 2. The third kappa shape index (κ3) is 3.19. The van der Waals surface area contributed by atoms with Gasteiger partial charge in [-0.3, -0.25) is 0 Å². The molecule has 0 unspecified atom stereocenters. The molecule has 4 heteroatoms. The molecular weight excluding hydrogens is 236 g/mol. The molecule has 0 saturated heterocycles. The molecule has 0 saturated carbocycles. The Kier molecular flexibility index (Phi) is 4.30. The third-order valence-electron chi connectivity index (χ3n) is 3.10. The Labute approximate surface area is 113 Å². The van der Waals surface area contributed by atoms with Gasteiger partial charge >= 0.3 is 0 Å². The molecule has 2 rings (SSSR count). The van der Waals surface area contributed by atoms with Gasteiger partial charge in [0.2, 0.25) is 0 Å². The summed E-state index contributed by atoms with van der Waals surface area (Å²) < 4.78 is 1.87. The van der Waals surface area contributed by atoms with E-state index in [-0.39, 0.29) is 5.92 Å². The topological polar surface area (TPSA) is 54.5 Å². The summed E-state index contributed by atoms with van der Waals surface area (Å²) in [5.74, 6) is 0.265. The molecule has 1 aromatic carbocycles. The first-order valence-electron chi connectivity index (χ1n) is 6.59. The van der Waals surface area contributed by atoms with Crippen LogP contribution in [-0.2, 0) is 13.0 Å². The van der Waals surface area contributed by atoms with E-state index in [0.717, 1.165) is 25.1 Å². The molecule has 0 aliphatic rings. The van der Waals surface area contributed by atoms with Crippen molar-refractivity contribution in [2.24, 2.45) is 0 Å². The Balaban J connectivity index is 2.01. The van der Waals surface area contributed by atoms with E-state index in [1.165, 1.54) is 5.56 Å². The minimum absolute atomic E-state index is 0.265. The minimum Gasteiger partial charge on any atom is -0.248 e. The average molecular weight is 254 g/mol. The van der Waals surface area contributed by atoms with Crippen molar-refractivity contribution in [2.45, 2.75) is 39.2 Å². The zero-order chi connectivity index (χ0) is 13.7. The van der Waals surface area contributed by atoms with Crippen LogP contribution in [0.5, 0.6) is 0 Å². The average Bonchev–Trinajstić information content (AvgIpc) is 2.83. The van der Waals surface area contributed by atoms with E-state index < -0.39 is 0 Å². The number of aromatic nitrogens is 3. The SMILES string of the molecule is CC(C)c1c(C#N)nnn1CCCc1ccccc1. The largest absolute Gasteiger partial charge is 0.248 e. The number of nitrogens with zero attached hydrogens (tertiary/aromatic N) is 4. The Morgan fingerprint density at radius 3 is 2.63 bits per heavy atom. The molecule has 0 spiro atoms. The second kappa shape index (κ2) is 6.14. The molecule has 0 amide bonds.